The molecule has 3 heterocycles. The van der Waals surface area contributed by atoms with E-state index in [4.69, 9.17) is 9.47 Å². The fraction of sp³-hybridized carbons (Fsp3) is 0.762. The number of hydrogen-bond donors (Lipinski definition) is 0. The van der Waals surface area contributed by atoms with Crippen molar-refractivity contribution in [1.82, 2.24) is 14.7 Å². The molecule has 0 radical (unpaired) electrons. The molecule has 2 aliphatic heterocycles. The Morgan fingerprint density at radius 3 is 2.75 bits per heavy atom. The van der Waals surface area contributed by atoms with Gasteiger partial charge in [0, 0.05) is 49.8 Å². The van der Waals surface area contributed by atoms with Gasteiger partial charge in [0.2, 0.25) is 5.91 Å². The lowest BCUT2D eigenvalue weighted by Gasteiger charge is -2.38. The third-order valence-electron chi connectivity index (χ3n) is 5.50. The molecule has 1 aromatic rings. The molecule has 1 saturated heterocycles. The number of hydrogen-bond acceptors (Lipinski definition) is 5. The molecule has 1 amide bonds. The first kappa shape index (κ1) is 20.8. The molecule has 3 rings (SSSR count). The minimum absolute atomic E-state index is 0.0259. The summed E-state index contributed by atoms with van der Waals surface area (Å²) >= 11 is 0. The van der Waals surface area contributed by atoms with Gasteiger partial charge in [-0.05, 0) is 39.5 Å². The van der Waals surface area contributed by atoms with Crippen LogP contribution in [0.15, 0.2) is 0 Å². The van der Waals surface area contributed by atoms with Crippen molar-refractivity contribution in [3.05, 3.63) is 17.0 Å². The van der Waals surface area contributed by atoms with Gasteiger partial charge in [-0.2, -0.15) is 5.10 Å². The van der Waals surface area contributed by atoms with Gasteiger partial charge in [-0.1, -0.05) is 13.8 Å². The molecule has 28 heavy (non-hydrogen) atoms. The fourth-order valence-electron chi connectivity index (χ4n) is 4.24. The highest BCUT2D eigenvalue weighted by Gasteiger charge is 2.37. The maximum atomic E-state index is 13.2. The average molecular weight is 392 g/mol. The van der Waals surface area contributed by atoms with E-state index >= 15 is 0 Å². The van der Waals surface area contributed by atoms with Gasteiger partial charge >= 0.3 is 5.97 Å². The Morgan fingerprint density at radius 1 is 1.36 bits per heavy atom. The van der Waals surface area contributed by atoms with Crippen molar-refractivity contribution in [3.8, 4) is 0 Å². The second kappa shape index (κ2) is 8.23. The molecular formula is C21H33N3O4. The number of fused-ring (bicyclic) bond motifs is 1. The zero-order chi connectivity index (χ0) is 20.5. The molecule has 0 N–H and O–H groups in total. The van der Waals surface area contributed by atoms with Crippen molar-refractivity contribution in [1.29, 1.82) is 0 Å². The molecular weight excluding hydrogens is 358 g/mol. The number of carbonyl (C=O) groups excluding carboxylic acids is 2. The smallest absolute Gasteiger partial charge is 0.359 e. The normalized spacial score (nSPS) is 21.5. The molecule has 156 valence electrons. The second-order valence-electron chi connectivity index (χ2n) is 8.88. The monoisotopic (exact) mass is 391 g/mol. The molecule has 2 aliphatic rings. The Kier molecular flexibility index (Phi) is 6.12. The Morgan fingerprint density at radius 2 is 2.11 bits per heavy atom. The summed E-state index contributed by atoms with van der Waals surface area (Å²) in [6, 6.07) is 0. The summed E-state index contributed by atoms with van der Waals surface area (Å²) < 4.78 is 12.9. The Bertz CT molecular complexity index is 738. The summed E-state index contributed by atoms with van der Waals surface area (Å²) in [6.07, 6.45) is 2.20. The van der Waals surface area contributed by atoms with E-state index in [2.05, 4.69) is 18.9 Å². The van der Waals surface area contributed by atoms with E-state index in [0.717, 1.165) is 30.6 Å². The molecule has 0 saturated carbocycles. The van der Waals surface area contributed by atoms with E-state index in [9.17, 15) is 9.59 Å². The van der Waals surface area contributed by atoms with Gasteiger partial charge in [0.1, 0.15) is 0 Å². The van der Waals surface area contributed by atoms with Crippen LogP contribution in [-0.4, -0.2) is 51.9 Å². The summed E-state index contributed by atoms with van der Waals surface area (Å²) in [5.41, 5.74) is 2.01. The minimum Gasteiger partial charge on any atom is -0.461 e. The Balaban J connectivity index is 1.83. The third-order valence-corrected chi connectivity index (χ3v) is 5.50. The first-order chi connectivity index (χ1) is 13.2. The van der Waals surface area contributed by atoms with E-state index in [-0.39, 0.29) is 17.4 Å². The molecule has 1 atom stereocenters. The van der Waals surface area contributed by atoms with E-state index in [1.165, 1.54) is 0 Å². The maximum absolute atomic E-state index is 13.2. The quantitative estimate of drug-likeness (QED) is 0.722. The van der Waals surface area contributed by atoms with Crippen molar-refractivity contribution in [3.63, 3.8) is 0 Å². The van der Waals surface area contributed by atoms with Crippen molar-refractivity contribution in [2.75, 3.05) is 19.8 Å². The molecule has 0 aromatic carbocycles. The summed E-state index contributed by atoms with van der Waals surface area (Å²) in [6.45, 7) is 12.9. The van der Waals surface area contributed by atoms with Crippen molar-refractivity contribution >= 4 is 11.9 Å². The van der Waals surface area contributed by atoms with Crippen LogP contribution in [0.1, 0.15) is 69.2 Å². The average Bonchev–Trinajstić information content (AvgIpc) is 2.97. The lowest BCUT2D eigenvalue weighted by molar-refractivity contribution is -0.146. The van der Waals surface area contributed by atoms with Crippen molar-refractivity contribution in [2.24, 2.45) is 11.8 Å². The number of amides is 1. The summed E-state index contributed by atoms with van der Waals surface area (Å²) in [5.74, 6) is 0.154. The standard InChI is InChI=1S/C21H33N3O4/c1-6-27-20(26)18-16-13-23(9-7-17(16)24(22-18)12-14(2)3)19(25)15-8-10-28-21(4,5)11-15/h14-15H,6-13H2,1-5H3/t15-/m1/s1. The van der Waals surface area contributed by atoms with Crippen LogP contribution in [0.25, 0.3) is 0 Å². The van der Waals surface area contributed by atoms with E-state index in [1.54, 1.807) is 6.92 Å². The van der Waals surface area contributed by atoms with Gasteiger partial charge in [-0.25, -0.2) is 4.79 Å². The van der Waals surface area contributed by atoms with Crippen LogP contribution in [0.3, 0.4) is 0 Å². The van der Waals surface area contributed by atoms with Crippen molar-refractivity contribution < 1.29 is 19.1 Å². The number of rotatable bonds is 5. The first-order valence-electron chi connectivity index (χ1n) is 10.4. The Hall–Kier alpha value is -1.89. The van der Waals surface area contributed by atoms with Gasteiger partial charge in [0.05, 0.1) is 12.2 Å². The SMILES string of the molecule is CCOC(=O)c1nn(CC(C)C)c2c1CN(C(=O)[C@@H]1CCOC(C)(C)C1)CC2. The van der Waals surface area contributed by atoms with Crippen LogP contribution in [0.4, 0.5) is 0 Å². The van der Waals surface area contributed by atoms with Gasteiger partial charge in [-0.15, -0.1) is 0 Å². The van der Waals surface area contributed by atoms with Crippen LogP contribution in [0, 0.1) is 11.8 Å². The second-order valence-corrected chi connectivity index (χ2v) is 8.88. The summed E-state index contributed by atoms with van der Waals surface area (Å²) in [7, 11) is 0. The Labute approximate surface area is 167 Å². The highest BCUT2D eigenvalue weighted by molar-refractivity contribution is 5.89. The third kappa shape index (κ3) is 4.40. The number of carbonyl (C=O) groups is 2. The van der Waals surface area contributed by atoms with E-state index < -0.39 is 5.97 Å². The highest BCUT2D eigenvalue weighted by Crippen LogP contribution is 2.32. The molecule has 0 bridgehead atoms. The number of ether oxygens (including phenoxy) is 2. The summed E-state index contributed by atoms with van der Waals surface area (Å²) in [5, 5.41) is 4.56. The predicted octanol–water partition coefficient (Wildman–Crippen LogP) is 2.81. The first-order valence-corrected chi connectivity index (χ1v) is 10.4. The molecule has 1 aromatic heterocycles. The van der Waals surface area contributed by atoms with Crippen LogP contribution in [-0.2, 0) is 33.8 Å². The molecule has 7 heteroatoms. The maximum Gasteiger partial charge on any atom is 0.359 e. The number of esters is 1. The van der Waals surface area contributed by atoms with Crippen LogP contribution < -0.4 is 0 Å². The van der Waals surface area contributed by atoms with Crippen molar-refractivity contribution in [2.45, 2.75) is 72.6 Å². The van der Waals surface area contributed by atoms with Gasteiger partial charge in [0.15, 0.2) is 5.69 Å². The number of aromatic nitrogens is 2. The van der Waals surface area contributed by atoms with E-state index in [0.29, 0.717) is 44.3 Å². The van der Waals surface area contributed by atoms with Crippen LogP contribution >= 0.6 is 0 Å². The van der Waals surface area contributed by atoms with Crippen LogP contribution in [0.2, 0.25) is 0 Å². The lowest BCUT2D eigenvalue weighted by Crippen LogP contribution is -2.45. The molecule has 0 aliphatic carbocycles. The topological polar surface area (TPSA) is 73.7 Å². The van der Waals surface area contributed by atoms with Gasteiger partial charge < -0.3 is 14.4 Å². The van der Waals surface area contributed by atoms with Crippen LogP contribution in [0.5, 0.6) is 0 Å². The molecule has 1 fully saturated rings. The number of nitrogens with zero attached hydrogens (tertiary/aromatic N) is 3. The summed E-state index contributed by atoms with van der Waals surface area (Å²) in [4.78, 5) is 27.5. The van der Waals surface area contributed by atoms with Gasteiger partial charge in [-0.3, -0.25) is 9.48 Å². The lowest BCUT2D eigenvalue weighted by atomic mass is 9.87. The molecule has 0 spiro atoms. The highest BCUT2D eigenvalue weighted by atomic mass is 16.5. The molecule has 0 unspecified atom stereocenters. The molecule has 7 nitrogen and oxygen atoms in total. The zero-order valence-corrected chi connectivity index (χ0v) is 17.8. The minimum atomic E-state index is -0.400. The largest absolute Gasteiger partial charge is 0.461 e. The fourth-order valence-corrected chi connectivity index (χ4v) is 4.24. The van der Waals surface area contributed by atoms with E-state index in [1.807, 2.05) is 23.4 Å². The predicted molar refractivity (Wildman–Crippen MR) is 105 cm³/mol. The zero-order valence-electron chi connectivity index (χ0n) is 17.8. The van der Waals surface area contributed by atoms with Gasteiger partial charge in [0.25, 0.3) is 0 Å².